The Morgan fingerprint density at radius 1 is 1.24 bits per heavy atom. The monoisotopic (exact) mass is 306 g/mol. The van der Waals surface area contributed by atoms with Gasteiger partial charge >= 0.3 is 0 Å². The highest BCUT2D eigenvalue weighted by molar-refractivity contribution is 6.89. The predicted molar refractivity (Wildman–Crippen MR) is 91.6 cm³/mol. The van der Waals surface area contributed by atoms with Gasteiger partial charge < -0.3 is 9.84 Å². The summed E-state index contributed by atoms with van der Waals surface area (Å²) in [5.74, 6) is 0.974. The Kier molecular flexibility index (Phi) is 5.28. The van der Waals surface area contributed by atoms with E-state index in [1.54, 1.807) is 0 Å². The van der Waals surface area contributed by atoms with Crippen LogP contribution in [0.15, 0.2) is 30.3 Å². The van der Waals surface area contributed by atoms with Crippen molar-refractivity contribution in [3.05, 3.63) is 30.3 Å². The summed E-state index contributed by atoms with van der Waals surface area (Å²) < 4.78 is 6.17. The van der Waals surface area contributed by atoms with Crippen molar-refractivity contribution in [2.24, 2.45) is 17.8 Å². The molecular formula is C18H30O2Si. The van der Waals surface area contributed by atoms with Gasteiger partial charge in [0.15, 0.2) is 0 Å². The predicted octanol–water partition coefficient (Wildman–Crippen LogP) is 3.27. The van der Waals surface area contributed by atoms with E-state index in [2.05, 4.69) is 64.2 Å². The van der Waals surface area contributed by atoms with Crippen LogP contribution >= 0.6 is 0 Å². The van der Waals surface area contributed by atoms with Gasteiger partial charge in [0.05, 0.1) is 26.9 Å². The zero-order valence-corrected chi connectivity index (χ0v) is 15.0. The fourth-order valence-electron chi connectivity index (χ4n) is 3.44. The van der Waals surface area contributed by atoms with Gasteiger partial charge in [0, 0.05) is 11.8 Å². The molecule has 21 heavy (non-hydrogen) atoms. The van der Waals surface area contributed by atoms with E-state index in [9.17, 15) is 5.11 Å². The molecule has 0 aromatic heterocycles. The summed E-state index contributed by atoms with van der Waals surface area (Å²) in [5, 5.41) is 12.1. The average Bonchev–Trinajstić information content (AvgIpc) is 2.44. The van der Waals surface area contributed by atoms with Crippen LogP contribution in [-0.4, -0.2) is 32.0 Å². The molecule has 2 nitrogen and oxygen atoms in total. The molecule has 1 saturated heterocycles. The second-order valence-corrected chi connectivity index (χ2v) is 12.3. The van der Waals surface area contributed by atoms with Crippen LogP contribution in [0, 0.1) is 17.8 Å². The highest BCUT2D eigenvalue weighted by atomic mass is 28.3. The minimum absolute atomic E-state index is 0.192. The lowest BCUT2D eigenvalue weighted by atomic mass is 9.80. The van der Waals surface area contributed by atoms with Crippen LogP contribution in [0.1, 0.15) is 20.8 Å². The van der Waals surface area contributed by atoms with E-state index in [1.165, 1.54) is 5.19 Å². The first kappa shape index (κ1) is 16.7. The fraction of sp³-hybridized carbons (Fsp3) is 0.667. The lowest BCUT2D eigenvalue weighted by Gasteiger charge is -2.42. The second kappa shape index (κ2) is 6.63. The highest BCUT2D eigenvalue weighted by Gasteiger charge is 2.40. The normalized spacial score (nSPS) is 30.6. The van der Waals surface area contributed by atoms with E-state index in [-0.39, 0.29) is 24.0 Å². The zero-order chi connectivity index (χ0) is 15.6. The molecule has 0 bridgehead atoms. The average molecular weight is 307 g/mol. The van der Waals surface area contributed by atoms with Crippen molar-refractivity contribution in [3.63, 3.8) is 0 Å². The van der Waals surface area contributed by atoms with Crippen LogP contribution in [0.3, 0.4) is 0 Å². The maximum Gasteiger partial charge on any atom is 0.0831 e. The number of benzene rings is 1. The van der Waals surface area contributed by atoms with Gasteiger partial charge in [-0.05, 0) is 12.0 Å². The Morgan fingerprint density at radius 2 is 1.86 bits per heavy atom. The molecule has 1 aromatic rings. The molecular weight excluding hydrogens is 276 g/mol. The molecule has 1 heterocycles. The van der Waals surface area contributed by atoms with E-state index in [4.69, 9.17) is 4.74 Å². The molecule has 118 valence electrons. The first-order valence-electron chi connectivity index (χ1n) is 8.18. The molecule has 0 amide bonds. The van der Waals surface area contributed by atoms with E-state index < -0.39 is 8.07 Å². The minimum atomic E-state index is -1.52. The van der Waals surface area contributed by atoms with Gasteiger partial charge in [-0.25, -0.2) is 0 Å². The van der Waals surface area contributed by atoms with E-state index in [0.29, 0.717) is 12.5 Å². The Labute approximate surface area is 130 Å². The van der Waals surface area contributed by atoms with E-state index >= 15 is 0 Å². The molecule has 1 aromatic carbocycles. The minimum Gasteiger partial charge on any atom is -0.392 e. The van der Waals surface area contributed by atoms with Gasteiger partial charge in [-0.15, -0.1) is 0 Å². The molecule has 1 N–H and O–H groups in total. The fourth-order valence-corrected chi connectivity index (χ4v) is 6.26. The Bertz CT molecular complexity index is 444. The molecule has 1 aliphatic rings. The second-order valence-electron chi connectivity index (χ2n) is 7.58. The SMILES string of the molecule is CC(C)[C@@H]1CO[C@@H](C[Si](C)(C)c2ccccc2)[C@@H](C)[C@H]1O. The van der Waals surface area contributed by atoms with Gasteiger partial charge in [0.2, 0.25) is 0 Å². The summed E-state index contributed by atoms with van der Waals surface area (Å²) in [7, 11) is -1.52. The lowest BCUT2D eigenvalue weighted by molar-refractivity contribution is -0.126. The molecule has 0 spiro atoms. The van der Waals surface area contributed by atoms with Crippen molar-refractivity contribution in [3.8, 4) is 0 Å². The summed E-state index contributed by atoms with van der Waals surface area (Å²) in [6.45, 7) is 12.0. The van der Waals surface area contributed by atoms with Crippen LogP contribution in [0.4, 0.5) is 0 Å². The maximum atomic E-state index is 10.6. The van der Waals surface area contributed by atoms with Crippen LogP contribution in [0.2, 0.25) is 19.1 Å². The van der Waals surface area contributed by atoms with E-state index in [0.717, 1.165) is 6.04 Å². The third-order valence-electron chi connectivity index (χ3n) is 5.19. The molecule has 2 rings (SSSR count). The molecule has 1 aliphatic heterocycles. The smallest absolute Gasteiger partial charge is 0.0831 e. The molecule has 0 unspecified atom stereocenters. The molecule has 0 saturated carbocycles. The number of hydrogen-bond donors (Lipinski definition) is 1. The van der Waals surface area contributed by atoms with Crippen LogP contribution in [-0.2, 0) is 4.74 Å². The van der Waals surface area contributed by atoms with E-state index in [1.807, 2.05) is 0 Å². The summed E-state index contributed by atoms with van der Waals surface area (Å²) in [6.07, 6.45) is -0.0406. The molecule has 0 radical (unpaired) electrons. The molecule has 1 fully saturated rings. The first-order valence-corrected chi connectivity index (χ1v) is 11.4. The van der Waals surface area contributed by atoms with Crippen LogP contribution < -0.4 is 5.19 Å². The van der Waals surface area contributed by atoms with Gasteiger partial charge in [-0.1, -0.05) is 69.4 Å². The van der Waals surface area contributed by atoms with Crippen molar-refractivity contribution in [1.82, 2.24) is 0 Å². The zero-order valence-electron chi connectivity index (χ0n) is 14.0. The Hall–Kier alpha value is -0.643. The van der Waals surface area contributed by atoms with Crippen molar-refractivity contribution in [2.45, 2.75) is 52.1 Å². The number of rotatable bonds is 4. The quantitative estimate of drug-likeness (QED) is 0.865. The summed E-state index contributed by atoms with van der Waals surface area (Å²) in [5.41, 5.74) is 0. The number of hydrogen-bond acceptors (Lipinski definition) is 2. The summed E-state index contributed by atoms with van der Waals surface area (Å²) in [6, 6.07) is 11.9. The van der Waals surface area contributed by atoms with Crippen molar-refractivity contribution in [2.75, 3.05) is 6.61 Å². The third kappa shape index (κ3) is 3.76. The Morgan fingerprint density at radius 3 is 2.43 bits per heavy atom. The molecule has 3 heteroatoms. The maximum absolute atomic E-state index is 10.6. The summed E-state index contributed by atoms with van der Waals surface area (Å²) in [4.78, 5) is 0. The highest BCUT2D eigenvalue weighted by Crippen LogP contribution is 2.33. The van der Waals surface area contributed by atoms with Crippen molar-refractivity contribution in [1.29, 1.82) is 0 Å². The lowest BCUT2D eigenvalue weighted by Crippen LogP contribution is -2.52. The van der Waals surface area contributed by atoms with Gasteiger partial charge in [-0.2, -0.15) is 0 Å². The van der Waals surface area contributed by atoms with Gasteiger partial charge in [0.1, 0.15) is 0 Å². The van der Waals surface area contributed by atoms with Crippen LogP contribution in [0.25, 0.3) is 0 Å². The van der Waals surface area contributed by atoms with Crippen LogP contribution in [0.5, 0.6) is 0 Å². The number of ether oxygens (including phenoxy) is 1. The summed E-state index contributed by atoms with van der Waals surface area (Å²) >= 11 is 0. The van der Waals surface area contributed by atoms with Crippen molar-refractivity contribution < 1.29 is 9.84 Å². The molecule has 0 aliphatic carbocycles. The topological polar surface area (TPSA) is 29.5 Å². The molecule has 4 atom stereocenters. The largest absolute Gasteiger partial charge is 0.392 e. The Balaban J connectivity index is 2.07. The first-order chi connectivity index (χ1) is 9.83. The number of aliphatic hydroxyl groups is 1. The van der Waals surface area contributed by atoms with Gasteiger partial charge in [-0.3, -0.25) is 0 Å². The number of aliphatic hydroxyl groups excluding tert-OH is 1. The third-order valence-corrected chi connectivity index (χ3v) is 8.51. The van der Waals surface area contributed by atoms with Crippen molar-refractivity contribution >= 4 is 13.3 Å². The van der Waals surface area contributed by atoms with Gasteiger partial charge in [0.25, 0.3) is 0 Å². The standard InChI is InChI=1S/C18H30O2Si/c1-13(2)16-11-20-17(14(3)18(16)19)12-21(4,5)15-9-7-6-8-10-15/h6-10,13-14,16-19H,11-12H2,1-5H3/t14-,16+,17+,18-/m1/s1.